The number of anilines is 1. The Morgan fingerprint density at radius 3 is 2.95 bits per heavy atom. The number of nitrogens with zero attached hydrogens (tertiary/aromatic N) is 2. The molecule has 0 aliphatic carbocycles. The van der Waals surface area contributed by atoms with Gasteiger partial charge in [-0.25, -0.2) is 5.06 Å². The second-order valence-electron chi connectivity index (χ2n) is 4.13. The van der Waals surface area contributed by atoms with Crippen molar-refractivity contribution in [1.29, 1.82) is 0 Å². The predicted molar refractivity (Wildman–Crippen MR) is 68.7 cm³/mol. The van der Waals surface area contributed by atoms with Crippen LogP contribution in [0.25, 0.3) is 0 Å². The average Bonchev–Trinajstić information content (AvgIpc) is 2.45. The number of rotatable bonds is 4. The van der Waals surface area contributed by atoms with E-state index in [4.69, 9.17) is 9.57 Å². The van der Waals surface area contributed by atoms with Crippen LogP contribution < -0.4 is 9.64 Å². The molecule has 0 saturated carbocycles. The maximum absolute atomic E-state index is 11.9. The van der Waals surface area contributed by atoms with Crippen molar-refractivity contribution < 1.29 is 19.2 Å². The van der Waals surface area contributed by atoms with Crippen LogP contribution in [-0.2, 0) is 14.4 Å². The zero-order valence-corrected chi connectivity index (χ0v) is 11.0. The van der Waals surface area contributed by atoms with Crippen LogP contribution in [0.1, 0.15) is 6.42 Å². The summed E-state index contributed by atoms with van der Waals surface area (Å²) >= 11 is 0. The van der Waals surface area contributed by atoms with E-state index in [0.29, 0.717) is 18.0 Å². The molecule has 0 bridgehead atoms. The molecule has 0 N–H and O–H groups in total. The first-order valence-electron chi connectivity index (χ1n) is 5.96. The summed E-state index contributed by atoms with van der Waals surface area (Å²) in [6.45, 7) is 0.317. The third-order valence-corrected chi connectivity index (χ3v) is 2.98. The van der Waals surface area contributed by atoms with Gasteiger partial charge in [-0.15, -0.1) is 0 Å². The molecular formula is C13H16N2O4. The average molecular weight is 264 g/mol. The summed E-state index contributed by atoms with van der Waals surface area (Å²) in [6.07, 6.45) is 0.199. The summed E-state index contributed by atoms with van der Waals surface area (Å²) in [6, 6.07) is 7.28. The molecule has 6 nitrogen and oxygen atoms in total. The standard InChI is InChI=1S/C13H16N2O4/c1-14(18-2)12(16)7-8-15-10-5-3-4-6-11(10)19-9-13(15)17/h3-6H,7-9H2,1-2H3. The minimum atomic E-state index is -0.181. The molecule has 1 aromatic rings. The third kappa shape index (κ3) is 2.85. The molecule has 0 unspecified atom stereocenters. The Balaban J connectivity index is 2.08. The van der Waals surface area contributed by atoms with Crippen LogP contribution in [0.4, 0.5) is 5.69 Å². The van der Waals surface area contributed by atoms with Gasteiger partial charge >= 0.3 is 0 Å². The number of carbonyl (C=O) groups excluding carboxylic acids is 2. The van der Waals surface area contributed by atoms with E-state index in [2.05, 4.69) is 0 Å². The number of para-hydroxylation sites is 2. The lowest BCUT2D eigenvalue weighted by Crippen LogP contribution is -2.41. The van der Waals surface area contributed by atoms with E-state index >= 15 is 0 Å². The highest BCUT2D eigenvalue weighted by Gasteiger charge is 2.25. The number of amides is 2. The van der Waals surface area contributed by atoms with E-state index < -0.39 is 0 Å². The van der Waals surface area contributed by atoms with Gasteiger partial charge in [0.05, 0.1) is 12.8 Å². The zero-order chi connectivity index (χ0) is 13.8. The second-order valence-corrected chi connectivity index (χ2v) is 4.13. The lowest BCUT2D eigenvalue weighted by molar-refractivity contribution is -0.168. The second kappa shape index (κ2) is 5.71. The molecule has 2 amide bonds. The van der Waals surface area contributed by atoms with Crippen LogP contribution in [0.3, 0.4) is 0 Å². The topological polar surface area (TPSA) is 59.1 Å². The summed E-state index contributed by atoms with van der Waals surface area (Å²) in [5.74, 6) is 0.334. The van der Waals surface area contributed by atoms with Gasteiger partial charge in [-0.3, -0.25) is 14.4 Å². The van der Waals surface area contributed by atoms with E-state index in [-0.39, 0.29) is 24.8 Å². The Hall–Kier alpha value is -2.08. The first kappa shape index (κ1) is 13.4. The molecule has 0 saturated heterocycles. The van der Waals surface area contributed by atoms with Crippen molar-refractivity contribution in [3.8, 4) is 5.75 Å². The van der Waals surface area contributed by atoms with Crippen LogP contribution in [0, 0.1) is 0 Å². The summed E-state index contributed by atoms with van der Waals surface area (Å²) in [5, 5.41) is 1.15. The molecule has 0 fully saturated rings. The van der Waals surface area contributed by atoms with Crippen LogP contribution in [0.2, 0.25) is 0 Å². The van der Waals surface area contributed by atoms with Gasteiger partial charge in [0.2, 0.25) is 5.91 Å². The Kier molecular flexibility index (Phi) is 4.01. The largest absolute Gasteiger partial charge is 0.482 e. The highest BCUT2D eigenvalue weighted by Crippen LogP contribution is 2.31. The molecule has 1 heterocycles. The van der Waals surface area contributed by atoms with E-state index in [1.807, 2.05) is 12.1 Å². The van der Waals surface area contributed by atoms with Crippen LogP contribution >= 0.6 is 0 Å². The first-order valence-corrected chi connectivity index (χ1v) is 5.96. The molecule has 0 spiro atoms. The van der Waals surface area contributed by atoms with Crippen molar-refractivity contribution >= 4 is 17.5 Å². The molecule has 0 aromatic heterocycles. The normalized spacial score (nSPS) is 13.8. The van der Waals surface area contributed by atoms with Gasteiger partial charge in [-0.2, -0.15) is 0 Å². The van der Waals surface area contributed by atoms with Crippen molar-refractivity contribution in [3.05, 3.63) is 24.3 Å². The van der Waals surface area contributed by atoms with E-state index in [0.717, 1.165) is 5.06 Å². The van der Waals surface area contributed by atoms with Gasteiger partial charge in [-0.05, 0) is 12.1 Å². The fourth-order valence-corrected chi connectivity index (χ4v) is 1.87. The predicted octanol–water partition coefficient (Wildman–Crippen LogP) is 0.822. The minimum Gasteiger partial charge on any atom is -0.482 e. The van der Waals surface area contributed by atoms with Crippen molar-refractivity contribution in [3.63, 3.8) is 0 Å². The molecule has 0 atom stereocenters. The van der Waals surface area contributed by atoms with E-state index in [1.165, 1.54) is 14.2 Å². The molecule has 1 aliphatic heterocycles. The summed E-state index contributed by atoms with van der Waals surface area (Å²) in [7, 11) is 2.96. The first-order chi connectivity index (χ1) is 9.13. The van der Waals surface area contributed by atoms with Gasteiger partial charge in [0, 0.05) is 20.0 Å². The Morgan fingerprint density at radius 1 is 1.47 bits per heavy atom. The Morgan fingerprint density at radius 2 is 2.21 bits per heavy atom. The van der Waals surface area contributed by atoms with Crippen LogP contribution in [-0.4, -0.2) is 44.2 Å². The van der Waals surface area contributed by atoms with Gasteiger partial charge in [-0.1, -0.05) is 12.1 Å². The number of benzene rings is 1. The summed E-state index contributed by atoms with van der Waals surface area (Å²) in [5.41, 5.74) is 0.701. The van der Waals surface area contributed by atoms with E-state index in [1.54, 1.807) is 17.0 Å². The minimum absolute atomic E-state index is 0.00528. The molecule has 19 heavy (non-hydrogen) atoms. The molecule has 102 valence electrons. The fraction of sp³-hybridized carbons (Fsp3) is 0.385. The smallest absolute Gasteiger partial charge is 0.265 e. The lowest BCUT2D eigenvalue weighted by Gasteiger charge is -2.29. The monoisotopic (exact) mass is 264 g/mol. The molecule has 1 aromatic carbocycles. The summed E-state index contributed by atoms with van der Waals surface area (Å²) in [4.78, 5) is 29.9. The fourth-order valence-electron chi connectivity index (χ4n) is 1.87. The number of carbonyl (C=O) groups is 2. The number of hydrogen-bond donors (Lipinski definition) is 0. The molecule has 0 radical (unpaired) electrons. The maximum Gasteiger partial charge on any atom is 0.265 e. The number of ether oxygens (including phenoxy) is 1. The lowest BCUT2D eigenvalue weighted by atomic mass is 10.2. The highest BCUT2D eigenvalue weighted by atomic mass is 16.7. The van der Waals surface area contributed by atoms with Gasteiger partial charge in [0.1, 0.15) is 5.75 Å². The van der Waals surface area contributed by atoms with E-state index in [9.17, 15) is 9.59 Å². The maximum atomic E-state index is 11.9. The summed E-state index contributed by atoms with van der Waals surface area (Å²) < 4.78 is 5.33. The molecule has 2 rings (SSSR count). The third-order valence-electron chi connectivity index (χ3n) is 2.98. The molecular weight excluding hydrogens is 248 g/mol. The van der Waals surface area contributed by atoms with Crippen molar-refractivity contribution in [2.45, 2.75) is 6.42 Å². The Labute approximate surface area is 111 Å². The van der Waals surface area contributed by atoms with Crippen molar-refractivity contribution in [2.75, 3.05) is 32.2 Å². The molecule has 1 aliphatic rings. The molecule has 6 heteroatoms. The Bertz CT molecular complexity index is 489. The quantitative estimate of drug-likeness (QED) is 0.755. The van der Waals surface area contributed by atoms with Crippen molar-refractivity contribution in [1.82, 2.24) is 5.06 Å². The zero-order valence-electron chi connectivity index (χ0n) is 11.0. The van der Waals surface area contributed by atoms with Crippen LogP contribution in [0.15, 0.2) is 24.3 Å². The highest BCUT2D eigenvalue weighted by molar-refractivity contribution is 5.98. The SMILES string of the molecule is CON(C)C(=O)CCN1C(=O)COc2ccccc21. The van der Waals surface area contributed by atoms with Gasteiger partial charge in [0.15, 0.2) is 6.61 Å². The van der Waals surface area contributed by atoms with Gasteiger partial charge < -0.3 is 9.64 Å². The van der Waals surface area contributed by atoms with Gasteiger partial charge in [0.25, 0.3) is 5.91 Å². The van der Waals surface area contributed by atoms with Crippen molar-refractivity contribution in [2.24, 2.45) is 0 Å². The number of hydrogen-bond acceptors (Lipinski definition) is 4. The number of fused-ring (bicyclic) bond motifs is 1. The number of hydroxylamine groups is 2. The van der Waals surface area contributed by atoms with Crippen LogP contribution in [0.5, 0.6) is 5.75 Å².